The van der Waals surface area contributed by atoms with Gasteiger partial charge in [-0.05, 0) is 22.0 Å². The molecule has 0 N–H and O–H groups in total. The molecule has 2 aromatic rings. The number of halogens is 1. The number of ether oxygens (including phenoxy) is 2. The minimum absolute atomic E-state index is 0.0392. The number of hydrogen-bond donors (Lipinski definition) is 0. The lowest BCUT2D eigenvalue weighted by atomic mass is 10.3. The van der Waals surface area contributed by atoms with Gasteiger partial charge in [-0.1, -0.05) is 0 Å². The lowest BCUT2D eigenvalue weighted by Crippen LogP contribution is -2.09. The Morgan fingerprint density at radius 3 is 2.85 bits per heavy atom. The molecule has 0 saturated carbocycles. The van der Waals surface area contributed by atoms with Crippen LogP contribution < -0.4 is 9.47 Å². The Morgan fingerprint density at radius 1 is 1.45 bits per heavy atom. The van der Waals surface area contributed by atoms with E-state index in [1.165, 1.54) is 25.3 Å². The molecule has 7 nitrogen and oxygen atoms in total. The van der Waals surface area contributed by atoms with E-state index in [1.807, 2.05) is 6.20 Å². The Hall–Kier alpha value is -2.09. The number of rotatable bonds is 6. The molecule has 1 aromatic carbocycles. The molecule has 0 fully saturated rings. The smallest absolute Gasteiger partial charge is 0.273 e. The maximum Gasteiger partial charge on any atom is 0.273 e. The van der Waals surface area contributed by atoms with Gasteiger partial charge in [0.1, 0.15) is 6.61 Å². The largest absolute Gasteiger partial charge is 0.493 e. The third-order valence-corrected chi connectivity index (χ3v) is 2.95. The second kappa shape index (κ2) is 6.38. The number of aromatic nitrogens is 2. The fraction of sp³-hybridized carbons (Fsp3) is 0.250. The van der Waals surface area contributed by atoms with E-state index in [-0.39, 0.29) is 5.69 Å². The van der Waals surface area contributed by atoms with Gasteiger partial charge >= 0.3 is 0 Å². The summed E-state index contributed by atoms with van der Waals surface area (Å²) in [6, 6.07) is 4.23. The van der Waals surface area contributed by atoms with Crippen molar-refractivity contribution in [1.82, 2.24) is 9.78 Å². The highest BCUT2D eigenvalue weighted by molar-refractivity contribution is 9.10. The van der Waals surface area contributed by atoms with Gasteiger partial charge < -0.3 is 9.47 Å². The Bertz CT molecular complexity index is 614. The van der Waals surface area contributed by atoms with Crippen LogP contribution in [0.5, 0.6) is 11.5 Å². The predicted octanol–water partition coefficient (Wildman–Crippen LogP) is 2.64. The van der Waals surface area contributed by atoms with E-state index in [2.05, 4.69) is 21.0 Å². The average Bonchev–Trinajstić information content (AvgIpc) is 2.84. The zero-order valence-corrected chi connectivity index (χ0v) is 12.2. The van der Waals surface area contributed by atoms with Crippen molar-refractivity contribution in [2.24, 2.45) is 0 Å². The van der Waals surface area contributed by atoms with Crippen molar-refractivity contribution in [3.05, 3.63) is 45.2 Å². The number of nitro benzene ring substituents is 1. The molecular weight excluding hydrogens is 330 g/mol. The highest BCUT2D eigenvalue weighted by Gasteiger charge is 2.12. The first-order valence-corrected chi connectivity index (χ1v) is 6.52. The molecule has 1 aromatic heterocycles. The molecule has 0 aliphatic rings. The van der Waals surface area contributed by atoms with Crippen molar-refractivity contribution in [2.75, 3.05) is 13.7 Å². The van der Waals surface area contributed by atoms with Gasteiger partial charge in [0.15, 0.2) is 11.5 Å². The van der Waals surface area contributed by atoms with Crippen molar-refractivity contribution in [3.8, 4) is 11.5 Å². The summed E-state index contributed by atoms with van der Waals surface area (Å²) in [6.45, 7) is 0.850. The van der Waals surface area contributed by atoms with Crippen LogP contribution in [0.1, 0.15) is 0 Å². The molecule has 106 valence electrons. The lowest BCUT2D eigenvalue weighted by molar-refractivity contribution is -0.385. The quantitative estimate of drug-likeness (QED) is 0.596. The Balaban J connectivity index is 2.03. The predicted molar refractivity (Wildman–Crippen MR) is 75.1 cm³/mol. The topological polar surface area (TPSA) is 79.4 Å². The summed E-state index contributed by atoms with van der Waals surface area (Å²) in [7, 11) is 1.48. The number of nitrogens with zero attached hydrogens (tertiary/aromatic N) is 3. The van der Waals surface area contributed by atoms with E-state index in [1.54, 1.807) is 10.9 Å². The van der Waals surface area contributed by atoms with Crippen LogP contribution in [-0.2, 0) is 6.54 Å². The van der Waals surface area contributed by atoms with Crippen molar-refractivity contribution in [3.63, 3.8) is 0 Å². The van der Waals surface area contributed by atoms with Crippen molar-refractivity contribution in [1.29, 1.82) is 0 Å². The van der Waals surface area contributed by atoms with Crippen LogP contribution >= 0.6 is 15.9 Å². The third kappa shape index (κ3) is 3.47. The van der Waals surface area contributed by atoms with Crippen LogP contribution in [0, 0.1) is 10.1 Å². The monoisotopic (exact) mass is 341 g/mol. The zero-order valence-electron chi connectivity index (χ0n) is 10.7. The summed E-state index contributed by atoms with van der Waals surface area (Å²) >= 11 is 3.30. The summed E-state index contributed by atoms with van der Waals surface area (Å²) in [5, 5.41) is 14.8. The zero-order chi connectivity index (χ0) is 14.5. The highest BCUT2D eigenvalue weighted by atomic mass is 79.9. The summed E-state index contributed by atoms with van der Waals surface area (Å²) in [6.07, 6.45) is 3.49. The van der Waals surface area contributed by atoms with E-state index in [9.17, 15) is 10.1 Å². The Kier molecular flexibility index (Phi) is 4.57. The third-order valence-electron chi connectivity index (χ3n) is 2.54. The van der Waals surface area contributed by atoms with E-state index < -0.39 is 4.92 Å². The molecule has 0 unspecified atom stereocenters. The molecule has 8 heteroatoms. The van der Waals surface area contributed by atoms with Gasteiger partial charge in [0.2, 0.25) is 0 Å². The number of methoxy groups -OCH3 is 1. The maximum atomic E-state index is 10.7. The average molecular weight is 342 g/mol. The minimum atomic E-state index is -0.475. The molecule has 0 bridgehead atoms. The van der Waals surface area contributed by atoms with Crippen LogP contribution in [-0.4, -0.2) is 28.4 Å². The summed E-state index contributed by atoms with van der Waals surface area (Å²) < 4.78 is 13.2. The second-order valence-corrected chi connectivity index (χ2v) is 4.78. The lowest BCUT2D eigenvalue weighted by Gasteiger charge is -2.10. The fourth-order valence-electron chi connectivity index (χ4n) is 1.60. The number of hydrogen-bond acceptors (Lipinski definition) is 5. The van der Waals surface area contributed by atoms with Crippen molar-refractivity contribution >= 4 is 21.6 Å². The highest BCUT2D eigenvalue weighted by Crippen LogP contribution is 2.31. The van der Waals surface area contributed by atoms with Gasteiger partial charge in [0.05, 0.1) is 35.3 Å². The minimum Gasteiger partial charge on any atom is -0.493 e. The number of non-ortho nitro benzene ring substituents is 1. The first-order valence-electron chi connectivity index (χ1n) is 5.73. The van der Waals surface area contributed by atoms with Gasteiger partial charge in [-0.2, -0.15) is 5.10 Å². The normalized spacial score (nSPS) is 10.3. The molecule has 2 rings (SSSR count). The van der Waals surface area contributed by atoms with Gasteiger partial charge in [0.25, 0.3) is 5.69 Å². The molecule has 0 aliphatic carbocycles. The van der Waals surface area contributed by atoms with Gasteiger partial charge in [-0.25, -0.2) is 0 Å². The van der Waals surface area contributed by atoms with Crippen molar-refractivity contribution in [2.45, 2.75) is 6.54 Å². The standard InChI is InChI=1S/C12H12BrN3O4/c1-19-11-3-2-10(16(17)18)6-12(11)20-5-4-15-8-9(13)7-14-15/h2-3,6-8H,4-5H2,1H3. The molecule has 0 spiro atoms. The molecule has 0 radical (unpaired) electrons. The van der Waals surface area contributed by atoms with E-state index >= 15 is 0 Å². The first kappa shape index (κ1) is 14.3. The molecule has 1 heterocycles. The van der Waals surface area contributed by atoms with Crippen LogP contribution in [0.15, 0.2) is 35.1 Å². The molecule has 0 amide bonds. The van der Waals surface area contributed by atoms with Crippen LogP contribution in [0.3, 0.4) is 0 Å². The SMILES string of the molecule is COc1ccc([N+](=O)[O-])cc1OCCn1cc(Br)cn1. The summed E-state index contributed by atoms with van der Waals surface area (Å²) in [5.74, 6) is 0.796. The summed E-state index contributed by atoms with van der Waals surface area (Å²) in [5.41, 5.74) is -0.0392. The van der Waals surface area contributed by atoms with Gasteiger partial charge in [-0.15, -0.1) is 0 Å². The van der Waals surface area contributed by atoms with Gasteiger partial charge in [0, 0.05) is 12.3 Å². The number of nitro groups is 1. The number of benzene rings is 1. The van der Waals surface area contributed by atoms with Crippen LogP contribution in [0.4, 0.5) is 5.69 Å². The van der Waals surface area contributed by atoms with Gasteiger partial charge in [-0.3, -0.25) is 14.8 Å². The molecule has 0 saturated heterocycles. The van der Waals surface area contributed by atoms with Crippen molar-refractivity contribution < 1.29 is 14.4 Å². The Morgan fingerprint density at radius 2 is 2.25 bits per heavy atom. The molecule has 0 atom stereocenters. The fourth-order valence-corrected chi connectivity index (χ4v) is 1.93. The second-order valence-electron chi connectivity index (χ2n) is 3.86. The first-order chi connectivity index (χ1) is 9.60. The van der Waals surface area contributed by atoms with E-state index in [0.29, 0.717) is 24.7 Å². The molecule has 20 heavy (non-hydrogen) atoms. The summed E-state index contributed by atoms with van der Waals surface area (Å²) in [4.78, 5) is 10.3. The maximum absolute atomic E-state index is 10.7. The van der Waals surface area contributed by atoms with Crippen LogP contribution in [0.25, 0.3) is 0 Å². The molecular formula is C12H12BrN3O4. The Labute approximate surface area is 123 Å². The van der Waals surface area contributed by atoms with Crippen LogP contribution in [0.2, 0.25) is 0 Å². The van der Waals surface area contributed by atoms with E-state index in [0.717, 1.165) is 4.47 Å². The molecule has 0 aliphatic heterocycles. The van der Waals surface area contributed by atoms with E-state index in [4.69, 9.17) is 9.47 Å².